The number of pyridine rings is 1. The monoisotopic (exact) mass is 282 g/mol. The van der Waals surface area contributed by atoms with Crippen LogP contribution < -0.4 is 10.5 Å². The number of carbonyl (C=O) groups is 1. The van der Waals surface area contributed by atoms with Gasteiger partial charge < -0.3 is 10.5 Å². The maximum Gasteiger partial charge on any atom is 0.573 e. The van der Waals surface area contributed by atoms with E-state index in [1.165, 1.54) is 30.6 Å². The first-order chi connectivity index (χ1) is 9.37. The summed E-state index contributed by atoms with van der Waals surface area (Å²) >= 11 is 0. The normalized spacial score (nSPS) is 11.2. The molecule has 20 heavy (non-hydrogen) atoms. The molecule has 2 aromatic rings. The molecule has 0 saturated carbocycles. The van der Waals surface area contributed by atoms with Gasteiger partial charge in [0, 0.05) is 23.6 Å². The Morgan fingerprint density at radius 1 is 1.15 bits per heavy atom. The van der Waals surface area contributed by atoms with Gasteiger partial charge in [0.2, 0.25) is 0 Å². The zero-order chi connectivity index (χ0) is 14.8. The van der Waals surface area contributed by atoms with Gasteiger partial charge in [-0.3, -0.25) is 9.78 Å². The summed E-state index contributed by atoms with van der Waals surface area (Å²) in [5.74, 6) is -1.22. The van der Waals surface area contributed by atoms with E-state index in [0.29, 0.717) is 0 Å². The fourth-order valence-electron chi connectivity index (χ4n) is 1.60. The second-order valence-corrected chi connectivity index (χ2v) is 3.87. The molecule has 0 fully saturated rings. The second kappa shape index (κ2) is 5.20. The van der Waals surface area contributed by atoms with Crippen molar-refractivity contribution in [2.24, 2.45) is 0 Å². The fraction of sp³-hybridized carbons (Fsp3) is 0.0769. The van der Waals surface area contributed by atoms with Crippen LogP contribution >= 0.6 is 0 Å². The first-order valence-corrected chi connectivity index (χ1v) is 5.47. The second-order valence-electron chi connectivity index (χ2n) is 3.87. The van der Waals surface area contributed by atoms with Crippen molar-refractivity contribution < 1.29 is 22.7 Å². The average molecular weight is 282 g/mol. The van der Waals surface area contributed by atoms with E-state index in [1.807, 2.05) is 0 Å². The van der Waals surface area contributed by atoms with Crippen LogP contribution in [0.1, 0.15) is 15.9 Å². The SMILES string of the molecule is Nc1ccc(OC(F)(F)F)c(C(=O)c2ccncc2)c1. The number of nitrogen functional groups attached to an aromatic ring is 1. The number of carbonyl (C=O) groups excluding carboxylic acids is 1. The number of benzene rings is 1. The van der Waals surface area contributed by atoms with Crippen molar-refractivity contribution in [2.45, 2.75) is 6.36 Å². The Morgan fingerprint density at radius 2 is 1.80 bits per heavy atom. The highest BCUT2D eigenvalue weighted by Gasteiger charge is 2.33. The zero-order valence-electron chi connectivity index (χ0n) is 10.0. The molecule has 0 atom stereocenters. The number of nitrogens with two attached hydrogens (primary N) is 1. The number of rotatable bonds is 3. The van der Waals surface area contributed by atoms with Crippen LogP contribution in [0.15, 0.2) is 42.7 Å². The third-order valence-corrected chi connectivity index (χ3v) is 2.42. The summed E-state index contributed by atoms with van der Waals surface area (Å²) in [4.78, 5) is 15.9. The van der Waals surface area contributed by atoms with Crippen molar-refractivity contribution in [3.8, 4) is 5.75 Å². The molecule has 0 bridgehead atoms. The minimum absolute atomic E-state index is 0.164. The van der Waals surface area contributed by atoms with Crippen molar-refractivity contribution >= 4 is 11.5 Å². The van der Waals surface area contributed by atoms with Gasteiger partial charge in [0.1, 0.15) is 5.75 Å². The van der Waals surface area contributed by atoms with E-state index in [0.717, 1.165) is 12.1 Å². The molecule has 0 spiro atoms. The summed E-state index contributed by atoms with van der Waals surface area (Å²) in [6, 6.07) is 6.16. The van der Waals surface area contributed by atoms with Crippen LogP contribution in [0.3, 0.4) is 0 Å². The molecular weight excluding hydrogens is 273 g/mol. The van der Waals surface area contributed by atoms with E-state index in [-0.39, 0.29) is 16.8 Å². The van der Waals surface area contributed by atoms with Crippen LogP contribution in [0.4, 0.5) is 18.9 Å². The summed E-state index contributed by atoms with van der Waals surface area (Å²) in [5, 5.41) is 0. The number of alkyl halides is 3. The predicted molar refractivity (Wildman–Crippen MR) is 65.2 cm³/mol. The minimum atomic E-state index is -4.89. The van der Waals surface area contributed by atoms with Crippen LogP contribution in [0, 0.1) is 0 Å². The minimum Gasteiger partial charge on any atom is -0.405 e. The van der Waals surface area contributed by atoms with E-state index in [4.69, 9.17) is 5.73 Å². The summed E-state index contributed by atoms with van der Waals surface area (Å²) in [6.45, 7) is 0. The Labute approximate surface area is 112 Å². The van der Waals surface area contributed by atoms with Gasteiger partial charge in [-0.1, -0.05) is 0 Å². The molecule has 0 saturated heterocycles. The van der Waals surface area contributed by atoms with Gasteiger partial charge in [0.05, 0.1) is 5.56 Å². The summed E-state index contributed by atoms with van der Waals surface area (Å²) in [7, 11) is 0. The molecule has 2 N–H and O–H groups in total. The highest BCUT2D eigenvalue weighted by molar-refractivity contribution is 6.11. The lowest BCUT2D eigenvalue weighted by Gasteiger charge is -2.13. The number of hydrogen-bond acceptors (Lipinski definition) is 4. The molecule has 4 nitrogen and oxygen atoms in total. The van der Waals surface area contributed by atoms with Crippen LogP contribution in [0.25, 0.3) is 0 Å². The lowest BCUT2D eigenvalue weighted by Crippen LogP contribution is -2.19. The van der Waals surface area contributed by atoms with Crippen molar-refractivity contribution in [3.05, 3.63) is 53.9 Å². The Hall–Kier alpha value is -2.57. The lowest BCUT2D eigenvalue weighted by molar-refractivity contribution is -0.274. The average Bonchev–Trinajstić information content (AvgIpc) is 2.39. The van der Waals surface area contributed by atoms with Gasteiger partial charge in [-0.05, 0) is 30.3 Å². The largest absolute Gasteiger partial charge is 0.573 e. The molecule has 0 unspecified atom stereocenters. The van der Waals surface area contributed by atoms with Crippen molar-refractivity contribution in [3.63, 3.8) is 0 Å². The number of anilines is 1. The third kappa shape index (κ3) is 3.25. The Bertz CT molecular complexity index is 627. The van der Waals surface area contributed by atoms with E-state index in [9.17, 15) is 18.0 Å². The van der Waals surface area contributed by atoms with Crippen LogP contribution in [0.5, 0.6) is 5.75 Å². The lowest BCUT2D eigenvalue weighted by atomic mass is 10.0. The van der Waals surface area contributed by atoms with E-state index in [2.05, 4.69) is 9.72 Å². The first-order valence-electron chi connectivity index (χ1n) is 5.47. The van der Waals surface area contributed by atoms with Gasteiger partial charge in [-0.2, -0.15) is 0 Å². The molecule has 0 aliphatic rings. The topological polar surface area (TPSA) is 65.2 Å². The van der Waals surface area contributed by atoms with Crippen molar-refractivity contribution in [1.29, 1.82) is 0 Å². The standard InChI is InChI=1S/C13H9F3N2O2/c14-13(15,16)20-11-2-1-9(17)7-10(11)12(19)8-3-5-18-6-4-8/h1-7H,17H2. The van der Waals surface area contributed by atoms with Gasteiger partial charge in [-0.25, -0.2) is 0 Å². The predicted octanol–water partition coefficient (Wildman–Crippen LogP) is 2.79. The van der Waals surface area contributed by atoms with Crippen molar-refractivity contribution in [2.75, 3.05) is 5.73 Å². The van der Waals surface area contributed by atoms with Gasteiger partial charge in [0.15, 0.2) is 5.78 Å². The van der Waals surface area contributed by atoms with E-state index < -0.39 is 17.9 Å². The van der Waals surface area contributed by atoms with Crippen LogP contribution in [0.2, 0.25) is 0 Å². The molecule has 0 radical (unpaired) electrons. The van der Waals surface area contributed by atoms with Crippen LogP contribution in [-0.4, -0.2) is 17.1 Å². The molecule has 1 heterocycles. The number of aromatic nitrogens is 1. The van der Waals surface area contributed by atoms with Gasteiger partial charge >= 0.3 is 6.36 Å². The molecule has 1 aromatic heterocycles. The summed E-state index contributed by atoms with van der Waals surface area (Å²) in [5.41, 5.74) is 5.61. The first kappa shape index (κ1) is 13.9. The van der Waals surface area contributed by atoms with E-state index >= 15 is 0 Å². The van der Waals surface area contributed by atoms with Crippen molar-refractivity contribution in [1.82, 2.24) is 4.98 Å². The van der Waals surface area contributed by atoms with Gasteiger partial charge in [-0.15, -0.1) is 13.2 Å². The number of ketones is 1. The molecule has 0 aliphatic carbocycles. The molecule has 1 aromatic carbocycles. The fourth-order valence-corrected chi connectivity index (χ4v) is 1.60. The number of hydrogen-bond donors (Lipinski definition) is 1. The molecular formula is C13H9F3N2O2. The molecule has 2 rings (SSSR count). The molecule has 104 valence electrons. The molecule has 0 amide bonds. The Balaban J connectivity index is 2.44. The van der Waals surface area contributed by atoms with Gasteiger partial charge in [0.25, 0.3) is 0 Å². The Kier molecular flexibility index (Phi) is 3.60. The quantitative estimate of drug-likeness (QED) is 0.694. The summed E-state index contributed by atoms with van der Waals surface area (Å²) < 4.78 is 40.8. The Morgan fingerprint density at radius 3 is 2.40 bits per heavy atom. The maximum absolute atomic E-state index is 12.3. The number of ether oxygens (including phenoxy) is 1. The highest BCUT2D eigenvalue weighted by Crippen LogP contribution is 2.29. The summed E-state index contributed by atoms with van der Waals surface area (Å²) in [6.07, 6.45) is -2.16. The van der Waals surface area contributed by atoms with Crippen LogP contribution in [-0.2, 0) is 0 Å². The number of halogens is 3. The maximum atomic E-state index is 12.3. The highest BCUT2D eigenvalue weighted by atomic mass is 19.4. The zero-order valence-corrected chi connectivity index (χ0v) is 10.0. The van der Waals surface area contributed by atoms with E-state index in [1.54, 1.807) is 0 Å². The third-order valence-electron chi connectivity index (χ3n) is 2.42. The smallest absolute Gasteiger partial charge is 0.405 e. The number of nitrogens with zero attached hydrogens (tertiary/aromatic N) is 1. The molecule has 0 aliphatic heterocycles. The molecule has 7 heteroatoms.